The SMILES string of the molecule is COC1CNC(C(=O)N2CCCC2c2cccc(Br)c2)C1. The van der Waals surface area contributed by atoms with Gasteiger partial charge in [0.1, 0.15) is 0 Å². The first kappa shape index (κ1) is 15.0. The maximum atomic E-state index is 12.8. The second-order valence-electron chi connectivity index (χ2n) is 5.80. The molecule has 3 rings (SSSR count). The predicted octanol–water partition coefficient (Wildman–Crippen LogP) is 2.49. The van der Waals surface area contributed by atoms with Gasteiger partial charge in [-0.3, -0.25) is 4.79 Å². The van der Waals surface area contributed by atoms with Gasteiger partial charge in [0.15, 0.2) is 0 Å². The largest absolute Gasteiger partial charge is 0.380 e. The molecule has 2 saturated heterocycles. The van der Waals surface area contributed by atoms with E-state index in [2.05, 4.69) is 33.4 Å². The number of halogens is 1. The Labute approximate surface area is 134 Å². The molecule has 0 saturated carbocycles. The maximum absolute atomic E-state index is 12.8. The smallest absolute Gasteiger partial charge is 0.240 e. The minimum Gasteiger partial charge on any atom is -0.380 e. The Bertz CT molecular complexity index is 523. The van der Waals surface area contributed by atoms with Crippen molar-refractivity contribution in [3.63, 3.8) is 0 Å². The highest BCUT2D eigenvalue weighted by Gasteiger charge is 2.37. The first-order chi connectivity index (χ1) is 10.2. The number of likely N-dealkylation sites (tertiary alicyclic amines) is 1. The third-order valence-corrected chi connectivity index (χ3v) is 4.98. The fourth-order valence-electron chi connectivity index (χ4n) is 3.36. The Morgan fingerprint density at radius 3 is 3.05 bits per heavy atom. The van der Waals surface area contributed by atoms with Crippen molar-refractivity contribution >= 4 is 21.8 Å². The molecule has 1 aromatic carbocycles. The number of amides is 1. The summed E-state index contributed by atoms with van der Waals surface area (Å²) in [6, 6.07) is 8.40. The summed E-state index contributed by atoms with van der Waals surface area (Å²) in [4.78, 5) is 14.8. The molecule has 2 aliphatic rings. The summed E-state index contributed by atoms with van der Waals surface area (Å²) in [7, 11) is 1.71. The minimum absolute atomic E-state index is 0.0947. The summed E-state index contributed by atoms with van der Waals surface area (Å²) in [5, 5.41) is 3.29. The van der Waals surface area contributed by atoms with Gasteiger partial charge in [-0.25, -0.2) is 0 Å². The van der Waals surface area contributed by atoms with E-state index in [9.17, 15) is 4.79 Å². The third-order valence-electron chi connectivity index (χ3n) is 4.49. The monoisotopic (exact) mass is 352 g/mol. The van der Waals surface area contributed by atoms with E-state index in [0.29, 0.717) is 0 Å². The van der Waals surface area contributed by atoms with Crippen molar-refractivity contribution < 1.29 is 9.53 Å². The van der Waals surface area contributed by atoms with Crippen molar-refractivity contribution in [2.75, 3.05) is 20.2 Å². The van der Waals surface area contributed by atoms with Gasteiger partial charge in [0.25, 0.3) is 0 Å². The molecule has 2 aliphatic heterocycles. The van der Waals surface area contributed by atoms with E-state index < -0.39 is 0 Å². The van der Waals surface area contributed by atoms with Gasteiger partial charge in [-0.2, -0.15) is 0 Å². The molecule has 114 valence electrons. The number of carbonyl (C=O) groups excluding carboxylic acids is 1. The maximum Gasteiger partial charge on any atom is 0.240 e. The van der Waals surface area contributed by atoms with E-state index in [1.165, 1.54) is 5.56 Å². The molecule has 21 heavy (non-hydrogen) atoms. The number of hydrogen-bond donors (Lipinski definition) is 1. The van der Waals surface area contributed by atoms with Gasteiger partial charge < -0.3 is 15.0 Å². The molecule has 0 aromatic heterocycles. The van der Waals surface area contributed by atoms with Gasteiger partial charge in [0.2, 0.25) is 5.91 Å². The van der Waals surface area contributed by atoms with Crippen LogP contribution in [0.4, 0.5) is 0 Å². The zero-order chi connectivity index (χ0) is 14.8. The van der Waals surface area contributed by atoms with E-state index in [1.54, 1.807) is 7.11 Å². The number of nitrogens with zero attached hydrogens (tertiary/aromatic N) is 1. The number of methoxy groups -OCH3 is 1. The van der Waals surface area contributed by atoms with E-state index in [-0.39, 0.29) is 24.1 Å². The van der Waals surface area contributed by atoms with Crippen molar-refractivity contribution in [1.29, 1.82) is 0 Å². The first-order valence-corrected chi connectivity index (χ1v) is 8.30. The van der Waals surface area contributed by atoms with Crippen molar-refractivity contribution in [3.05, 3.63) is 34.3 Å². The lowest BCUT2D eigenvalue weighted by atomic mass is 10.0. The standard InChI is InChI=1S/C16H21BrN2O2/c1-21-13-9-14(18-10-13)16(20)19-7-3-6-15(19)11-4-2-5-12(17)8-11/h2,4-5,8,13-15,18H,3,6-7,9-10H2,1H3. The van der Waals surface area contributed by atoms with Crippen LogP contribution >= 0.6 is 15.9 Å². The van der Waals surface area contributed by atoms with Crippen LogP contribution in [0.25, 0.3) is 0 Å². The molecule has 1 amide bonds. The average molecular weight is 353 g/mol. The molecule has 0 radical (unpaired) electrons. The van der Waals surface area contributed by atoms with Crippen LogP contribution < -0.4 is 5.32 Å². The van der Waals surface area contributed by atoms with Crippen molar-refractivity contribution in [3.8, 4) is 0 Å². The van der Waals surface area contributed by atoms with E-state index in [0.717, 1.165) is 36.8 Å². The highest BCUT2D eigenvalue weighted by Crippen LogP contribution is 2.34. The summed E-state index contributed by atoms with van der Waals surface area (Å²) < 4.78 is 6.41. The number of carbonyl (C=O) groups is 1. The highest BCUT2D eigenvalue weighted by molar-refractivity contribution is 9.10. The molecule has 1 aromatic rings. The summed E-state index contributed by atoms with van der Waals surface area (Å²) in [5.41, 5.74) is 1.22. The number of benzene rings is 1. The van der Waals surface area contributed by atoms with Crippen LogP contribution in [0.1, 0.15) is 30.9 Å². The van der Waals surface area contributed by atoms with Crippen LogP contribution in [0.2, 0.25) is 0 Å². The Morgan fingerprint density at radius 2 is 2.33 bits per heavy atom. The topological polar surface area (TPSA) is 41.6 Å². The van der Waals surface area contributed by atoms with Crippen molar-refractivity contribution in [2.45, 2.75) is 37.5 Å². The number of ether oxygens (including phenoxy) is 1. The minimum atomic E-state index is -0.0947. The predicted molar refractivity (Wildman–Crippen MR) is 85.0 cm³/mol. The van der Waals surface area contributed by atoms with Gasteiger partial charge >= 0.3 is 0 Å². The average Bonchev–Trinajstić information content (AvgIpc) is 3.15. The Morgan fingerprint density at radius 1 is 1.48 bits per heavy atom. The van der Waals surface area contributed by atoms with Crippen molar-refractivity contribution in [2.24, 2.45) is 0 Å². The molecule has 2 heterocycles. The van der Waals surface area contributed by atoms with Gasteiger partial charge in [0, 0.05) is 24.7 Å². The van der Waals surface area contributed by atoms with Gasteiger partial charge in [-0.1, -0.05) is 28.1 Å². The molecule has 3 atom stereocenters. The number of nitrogens with one attached hydrogen (secondary N) is 1. The van der Waals surface area contributed by atoms with Crippen LogP contribution in [0.5, 0.6) is 0 Å². The molecular weight excluding hydrogens is 332 g/mol. The Kier molecular flexibility index (Phi) is 4.62. The number of hydrogen-bond acceptors (Lipinski definition) is 3. The lowest BCUT2D eigenvalue weighted by Gasteiger charge is -2.28. The zero-order valence-corrected chi connectivity index (χ0v) is 13.8. The van der Waals surface area contributed by atoms with Crippen LogP contribution in [0, 0.1) is 0 Å². The quantitative estimate of drug-likeness (QED) is 0.908. The molecule has 1 N–H and O–H groups in total. The summed E-state index contributed by atoms with van der Waals surface area (Å²) >= 11 is 3.52. The molecule has 3 unspecified atom stereocenters. The molecule has 0 bridgehead atoms. The second kappa shape index (κ2) is 6.46. The Balaban J connectivity index is 1.73. The highest BCUT2D eigenvalue weighted by atomic mass is 79.9. The normalized spacial score (nSPS) is 29.0. The Hall–Kier alpha value is -0.910. The van der Waals surface area contributed by atoms with E-state index in [4.69, 9.17) is 4.74 Å². The van der Waals surface area contributed by atoms with Crippen LogP contribution in [-0.4, -0.2) is 43.2 Å². The van der Waals surface area contributed by atoms with E-state index >= 15 is 0 Å². The first-order valence-electron chi connectivity index (χ1n) is 7.51. The third kappa shape index (κ3) is 3.15. The lowest BCUT2D eigenvalue weighted by molar-refractivity contribution is -0.134. The van der Waals surface area contributed by atoms with Crippen LogP contribution in [0.15, 0.2) is 28.7 Å². The lowest BCUT2D eigenvalue weighted by Crippen LogP contribution is -2.43. The van der Waals surface area contributed by atoms with Gasteiger partial charge in [-0.05, 0) is 37.0 Å². The van der Waals surface area contributed by atoms with Crippen molar-refractivity contribution in [1.82, 2.24) is 10.2 Å². The van der Waals surface area contributed by atoms with Crippen LogP contribution in [-0.2, 0) is 9.53 Å². The fourth-order valence-corrected chi connectivity index (χ4v) is 3.78. The summed E-state index contributed by atoms with van der Waals surface area (Å²) in [6.07, 6.45) is 3.05. The zero-order valence-electron chi connectivity index (χ0n) is 12.2. The molecule has 0 spiro atoms. The molecule has 5 heteroatoms. The van der Waals surface area contributed by atoms with Crippen LogP contribution in [0.3, 0.4) is 0 Å². The molecule has 4 nitrogen and oxygen atoms in total. The second-order valence-corrected chi connectivity index (χ2v) is 6.71. The summed E-state index contributed by atoms with van der Waals surface area (Å²) in [5.74, 6) is 0.219. The van der Waals surface area contributed by atoms with Gasteiger partial charge in [0.05, 0.1) is 18.2 Å². The molecule has 2 fully saturated rings. The summed E-state index contributed by atoms with van der Waals surface area (Å²) in [6.45, 7) is 1.62. The fraction of sp³-hybridized carbons (Fsp3) is 0.562. The number of rotatable bonds is 3. The van der Waals surface area contributed by atoms with E-state index in [1.807, 2.05) is 17.0 Å². The molecule has 0 aliphatic carbocycles. The van der Waals surface area contributed by atoms with Gasteiger partial charge in [-0.15, -0.1) is 0 Å². The molecular formula is C16H21BrN2O2.